The van der Waals surface area contributed by atoms with Crippen LogP contribution in [-0.4, -0.2) is 18.5 Å². The summed E-state index contributed by atoms with van der Waals surface area (Å²) in [5.74, 6) is -0.635. The highest BCUT2D eigenvalue weighted by Crippen LogP contribution is 2.37. The van der Waals surface area contributed by atoms with Crippen LogP contribution in [0.1, 0.15) is 0 Å². The smallest absolute Gasteiger partial charge is 0.430 e. The van der Waals surface area contributed by atoms with Crippen LogP contribution in [0.25, 0.3) is 0 Å². The van der Waals surface area contributed by atoms with Crippen molar-refractivity contribution in [3.05, 3.63) is 27.1 Å². The van der Waals surface area contributed by atoms with Gasteiger partial charge in [0.2, 0.25) is 0 Å². The van der Waals surface area contributed by atoms with E-state index in [0.717, 1.165) is 12.1 Å². The molecule has 0 aliphatic carbocycles. The summed E-state index contributed by atoms with van der Waals surface area (Å²) in [6, 6.07) is 4.41. The van der Waals surface area contributed by atoms with Crippen LogP contribution >= 0.6 is 31.9 Å². The van der Waals surface area contributed by atoms with E-state index in [2.05, 4.69) is 42.7 Å². The fourth-order valence-electron chi connectivity index (χ4n) is 0.936. The van der Waals surface area contributed by atoms with Crippen molar-refractivity contribution in [1.82, 2.24) is 0 Å². The van der Waals surface area contributed by atoms with Gasteiger partial charge in [-0.05, 0) is 44.0 Å². The first-order chi connectivity index (χ1) is 8.02. The minimum atomic E-state index is -5.71. The van der Waals surface area contributed by atoms with Crippen LogP contribution in [0.4, 0.5) is 26.3 Å². The van der Waals surface area contributed by atoms with Crippen LogP contribution in [0.5, 0.6) is 5.75 Å². The van der Waals surface area contributed by atoms with Gasteiger partial charge in [-0.1, -0.05) is 0 Å². The third kappa shape index (κ3) is 4.04. The molecule has 0 saturated carbocycles. The second-order valence-electron chi connectivity index (χ2n) is 3.08. The maximum atomic E-state index is 12.9. The molecule has 0 amide bonds. The Balaban J connectivity index is 2.95. The minimum absolute atomic E-state index is 0.157. The maximum absolute atomic E-state index is 12.9. The van der Waals surface area contributed by atoms with E-state index in [1.165, 1.54) is 0 Å². The lowest BCUT2D eigenvalue weighted by molar-refractivity contribution is -0.305. The van der Waals surface area contributed by atoms with Gasteiger partial charge in [0.25, 0.3) is 6.17 Å². The Kier molecular flexibility index (Phi) is 4.58. The average molecular weight is 401 g/mol. The molecule has 1 nitrogen and oxygen atoms in total. The molecule has 0 heterocycles. The number of hydrogen-bond acceptors (Lipinski definition) is 1. The number of halogens is 8. The Morgan fingerprint density at radius 2 is 1.50 bits per heavy atom. The van der Waals surface area contributed by atoms with E-state index >= 15 is 0 Å². The minimum Gasteiger partial charge on any atom is -0.430 e. The summed E-state index contributed by atoms with van der Waals surface area (Å²) in [5.41, 5.74) is 0. The number of hydrogen-bond donors (Lipinski definition) is 0. The van der Waals surface area contributed by atoms with Gasteiger partial charge >= 0.3 is 12.3 Å². The first-order valence-electron chi connectivity index (χ1n) is 4.18. The zero-order valence-electron chi connectivity index (χ0n) is 8.16. The Hall–Kier alpha value is -0.440. The second-order valence-corrected chi connectivity index (χ2v) is 4.79. The van der Waals surface area contributed by atoms with Gasteiger partial charge in [0.1, 0.15) is 5.75 Å². The molecule has 0 aliphatic heterocycles. The van der Waals surface area contributed by atoms with Gasteiger partial charge in [-0.2, -0.15) is 22.0 Å². The molecular weight excluding hydrogens is 398 g/mol. The quantitative estimate of drug-likeness (QED) is 0.657. The Morgan fingerprint density at radius 3 is 1.89 bits per heavy atom. The molecule has 18 heavy (non-hydrogen) atoms. The van der Waals surface area contributed by atoms with E-state index in [-0.39, 0.29) is 8.95 Å². The molecule has 0 saturated heterocycles. The van der Waals surface area contributed by atoms with Crippen molar-refractivity contribution in [2.24, 2.45) is 0 Å². The lowest BCUT2D eigenvalue weighted by Gasteiger charge is -2.23. The van der Waals surface area contributed by atoms with Crippen molar-refractivity contribution in [3.8, 4) is 5.75 Å². The highest BCUT2D eigenvalue weighted by atomic mass is 79.9. The van der Waals surface area contributed by atoms with Crippen LogP contribution < -0.4 is 4.74 Å². The van der Waals surface area contributed by atoms with Crippen molar-refractivity contribution in [2.45, 2.75) is 18.5 Å². The van der Waals surface area contributed by atoms with E-state index in [9.17, 15) is 26.3 Å². The van der Waals surface area contributed by atoms with E-state index in [1.54, 1.807) is 0 Å². The molecule has 0 aromatic heterocycles. The summed E-state index contributed by atoms with van der Waals surface area (Å²) >= 11 is 5.74. The number of rotatable bonds is 3. The molecule has 1 atom stereocenters. The largest absolute Gasteiger partial charge is 0.439 e. The highest BCUT2D eigenvalue weighted by Gasteiger charge is 2.59. The van der Waals surface area contributed by atoms with Gasteiger partial charge < -0.3 is 4.74 Å². The van der Waals surface area contributed by atoms with Crippen LogP contribution in [0.15, 0.2) is 21.1 Å². The molecule has 1 rings (SSSR count). The molecule has 0 spiro atoms. The molecule has 1 aromatic carbocycles. The molecule has 9 heteroatoms. The number of benzene rings is 1. The molecule has 0 aliphatic rings. The Morgan fingerprint density at radius 1 is 1.06 bits per heavy atom. The van der Waals surface area contributed by atoms with Crippen molar-refractivity contribution in [2.75, 3.05) is 0 Å². The van der Waals surface area contributed by atoms with Gasteiger partial charge in [-0.3, -0.25) is 0 Å². The van der Waals surface area contributed by atoms with Gasteiger partial charge in [-0.15, -0.1) is 0 Å². The summed E-state index contributed by atoms with van der Waals surface area (Å²) < 4.78 is 77.9. The summed E-state index contributed by atoms with van der Waals surface area (Å²) in [6.45, 7) is 0. The molecule has 0 N–H and O–H groups in total. The SMILES string of the molecule is FC(C(F)(F)F)C(F)(F)Oc1cc(Br)[c]c(Br)c1. The fraction of sp³-hybridized carbons (Fsp3) is 0.333. The van der Waals surface area contributed by atoms with Crippen LogP contribution in [0.3, 0.4) is 0 Å². The fourth-order valence-corrected chi connectivity index (χ4v) is 2.08. The van der Waals surface area contributed by atoms with Gasteiger partial charge in [0.05, 0.1) is 0 Å². The second kappa shape index (κ2) is 5.28. The average Bonchev–Trinajstić information content (AvgIpc) is 2.12. The summed E-state index contributed by atoms with van der Waals surface area (Å²) in [7, 11) is 0. The van der Waals surface area contributed by atoms with Crippen LogP contribution in [0, 0.1) is 6.07 Å². The molecule has 1 radical (unpaired) electrons. The normalized spacial score (nSPS) is 14.4. The number of ether oxygens (including phenoxy) is 1. The third-order valence-electron chi connectivity index (χ3n) is 1.61. The van der Waals surface area contributed by atoms with Crippen molar-refractivity contribution >= 4 is 31.9 Å². The van der Waals surface area contributed by atoms with E-state index < -0.39 is 24.2 Å². The van der Waals surface area contributed by atoms with E-state index in [0.29, 0.717) is 0 Å². The van der Waals surface area contributed by atoms with Crippen molar-refractivity contribution < 1.29 is 31.1 Å². The monoisotopic (exact) mass is 399 g/mol. The lowest BCUT2D eigenvalue weighted by Crippen LogP contribution is -2.45. The Bertz CT molecular complexity index is 413. The van der Waals surface area contributed by atoms with Crippen LogP contribution in [-0.2, 0) is 0 Å². The topological polar surface area (TPSA) is 9.23 Å². The van der Waals surface area contributed by atoms with E-state index in [4.69, 9.17) is 0 Å². The Labute approximate surface area is 114 Å². The van der Waals surface area contributed by atoms with Gasteiger partial charge in [0.15, 0.2) is 0 Å². The lowest BCUT2D eigenvalue weighted by atomic mass is 10.3. The summed E-state index contributed by atoms with van der Waals surface area (Å²) in [6.07, 6.45) is -15.1. The molecule has 1 unspecified atom stereocenters. The number of alkyl halides is 6. The van der Waals surface area contributed by atoms with Crippen molar-refractivity contribution in [1.29, 1.82) is 0 Å². The van der Waals surface area contributed by atoms with Crippen LogP contribution in [0.2, 0.25) is 0 Å². The summed E-state index contributed by atoms with van der Waals surface area (Å²) in [4.78, 5) is 0. The summed E-state index contributed by atoms with van der Waals surface area (Å²) in [5, 5.41) is 0. The molecule has 0 fully saturated rings. The molecular formula is C9H3Br2F6O. The highest BCUT2D eigenvalue weighted by molar-refractivity contribution is 9.11. The van der Waals surface area contributed by atoms with Gasteiger partial charge in [0, 0.05) is 15.0 Å². The zero-order chi connectivity index (χ0) is 14.1. The molecule has 101 valence electrons. The van der Waals surface area contributed by atoms with E-state index in [1.807, 2.05) is 0 Å². The maximum Gasteiger partial charge on any atom is 0.439 e. The molecule has 1 aromatic rings. The first kappa shape index (κ1) is 15.6. The third-order valence-corrected chi connectivity index (χ3v) is 2.47. The predicted molar refractivity (Wildman–Crippen MR) is 57.2 cm³/mol. The molecule has 0 bridgehead atoms. The predicted octanol–water partition coefficient (Wildman–Crippen LogP) is 4.88. The zero-order valence-corrected chi connectivity index (χ0v) is 11.3. The first-order valence-corrected chi connectivity index (χ1v) is 5.77. The van der Waals surface area contributed by atoms with Crippen molar-refractivity contribution in [3.63, 3.8) is 0 Å². The van der Waals surface area contributed by atoms with Gasteiger partial charge in [-0.25, -0.2) is 4.39 Å². The standard InChI is InChI=1S/C9H3Br2F6O/c10-4-1-5(11)3-6(2-4)18-9(16,17)7(12)8(13,14)15/h2-3,7H.